The van der Waals surface area contributed by atoms with E-state index in [1.54, 1.807) is 0 Å². The molecule has 6 heteroatoms. The number of nitriles is 1. The molecule has 0 radical (unpaired) electrons. The van der Waals surface area contributed by atoms with Gasteiger partial charge in [-0.25, -0.2) is 9.18 Å². The molecule has 2 rings (SSSR count). The van der Waals surface area contributed by atoms with Crippen LogP contribution in [0.5, 0.6) is 5.75 Å². The van der Waals surface area contributed by atoms with Crippen LogP contribution in [-0.4, -0.2) is 16.1 Å². The first-order valence-electron chi connectivity index (χ1n) is 5.60. The van der Waals surface area contributed by atoms with Crippen molar-refractivity contribution in [1.82, 2.24) is 4.98 Å². The van der Waals surface area contributed by atoms with Crippen LogP contribution >= 0.6 is 0 Å². The Bertz CT molecular complexity index is 695. The summed E-state index contributed by atoms with van der Waals surface area (Å²) in [6.45, 7) is -0.0502. The smallest absolute Gasteiger partial charge is 0.337 e. The normalized spacial score (nSPS) is 9.80. The van der Waals surface area contributed by atoms with Gasteiger partial charge >= 0.3 is 5.97 Å². The highest BCUT2D eigenvalue weighted by atomic mass is 19.1. The fourth-order valence-corrected chi connectivity index (χ4v) is 1.57. The van der Waals surface area contributed by atoms with Gasteiger partial charge in [-0.05, 0) is 24.3 Å². The number of pyridine rings is 1. The van der Waals surface area contributed by atoms with Crippen LogP contribution in [0.15, 0.2) is 36.7 Å². The molecule has 0 bridgehead atoms. The molecule has 1 aromatic heterocycles. The molecule has 0 amide bonds. The Morgan fingerprint density at radius 1 is 1.40 bits per heavy atom. The van der Waals surface area contributed by atoms with E-state index in [2.05, 4.69) is 4.98 Å². The topological polar surface area (TPSA) is 83.2 Å². The van der Waals surface area contributed by atoms with Crippen molar-refractivity contribution < 1.29 is 19.0 Å². The zero-order valence-corrected chi connectivity index (χ0v) is 10.2. The summed E-state index contributed by atoms with van der Waals surface area (Å²) in [4.78, 5) is 14.5. The van der Waals surface area contributed by atoms with E-state index >= 15 is 0 Å². The lowest BCUT2D eigenvalue weighted by Crippen LogP contribution is -2.02. The monoisotopic (exact) mass is 272 g/mol. The molecular formula is C14H9FN2O3. The SMILES string of the molecule is N#Cc1ccc(F)cc1COc1cncc(C(=O)O)c1. The van der Waals surface area contributed by atoms with Gasteiger partial charge in [-0.15, -0.1) is 0 Å². The highest BCUT2D eigenvalue weighted by Crippen LogP contribution is 2.16. The lowest BCUT2D eigenvalue weighted by atomic mass is 10.1. The third kappa shape index (κ3) is 3.09. The third-order valence-electron chi connectivity index (χ3n) is 2.54. The number of benzene rings is 1. The van der Waals surface area contributed by atoms with E-state index in [0.717, 1.165) is 0 Å². The number of aromatic nitrogens is 1. The number of carbonyl (C=O) groups is 1. The first kappa shape index (κ1) is 13.5. The average molecular weight is 272 g/mol. The zero-order valence-electron chi connectivity index (χ0n) is 10.2. The molecule has 20 heavy (non-hydrogen) atoms. The van der Waals surface area contributed by atoms with Gasteiger partial charge in [0, 0.05) is 11.8 Å². The van der Waals surface area contributed by atoms with E-state index in [-0.39, 0.29) is 17.9 Å². The van der Waals surface area contributed by atoms with Crippen LogP contribution in [0.3, 0.4) is 0 Å². The largest absolute Gasteiger partial charge is 0.487 e. The van der Waals surface area contributed by atoms with Crippen molar-refractivity contribution in [3.05, 3.63) is 59.2 Å². The number of hydrogen-bond donors (Lipinski definition) is 1. The molecule has 1 N–H and O–H groups in total. The van der Waals surface area contributed by atoms with Gasteiger partial charge in [0.1, 0.15) is 18.2 Å². The van der Waals surface area contributed by atoms with Gasteiger partial charge in [-0.3, -0.25) is 4.98 Å². The van der Waals surface area contributed by atoms with Gasteiger partial charge in [-0.1, -0.05) is 0 Å². The summed E-state index contributed by atoms with van der Waals surface area (Å²) in [5.41, 5.74) is 0.671. The van der Waals surface area contributed by atoms with Crippen LogP contribution in [0.1, 0.15) is 21.5 Å². The maximum Gasteiger partial charge on any atom is 0.337 e. The minimum atomic E-state index is -1.12. The maximum atomic E-state index is 13.1. The molecule has 0 saturated heterocycles. The van der Waals surface area contributed by atoms with Crippen molar-refractivity contribution >= 4 is 5.97 Å². The number of ether oxygens (including phenoxy) is 1. The van der Waals surface area contributed by atoms with Crippen LogP contribution in [0.4, 0.5) is 4.39 Å². The van der Waals surface area contributed by atoms with E-state index in [1.165, 1.54) is 36.7 Å². The Kier molecular flexibility index (Phi) is 3.91. The summed E-state index contributed by atoms with van der Waals surface area (Å²) in [5.74, 6) is -1.36. The van der Waals surface area contributed by atoms with E-state index < -0.39 is 11.8 Å². The summed E-state index contributed by atoms with van der Waals surface area (Å²) >= 11 is 0. The highest BCUT2D eigenvalue weighted by Gasteiger charge is 2.07. The summed E-state index contributed by atoms with van der Waals surface area (Å²) in [7, 11) is 0. The van der Waals surface area contributed by atoms with Crippen molar-refractivity contribution in [3.63, 3.8) is 0 Å². The molecule has 0 aliphatic heterocycles. The summed E-state index contributed by atoms with van der Waals surface area (Å²) in [5, 5.41) is 17.7. The van der Waals surface area contributed by atoms with Gasteiger partial charge in [0.15, 0.2) is 0 Å². The van der Waals surface area contributed by atoms with Crippen molar-refractivity contribution in [2.24, 2.45) is 0 Å². The second kappa shape index (κ2) is 5.80. The van der Waals surface area contributed by atoms with Crippen molar-refractivity contribution in [1.29, 1.82) is 5.26 Å². The van der Waals surface area contributed by atoms with Crippen molar-refractivity contribution in [2.45, 2.75) is 6.61 Å². The fourth-order valence-electron chi connectivity index (χ4n) is 1.57. The molecule has 0 spiro atoms. The Morgan fingerprint density at radius 2 is 2.20 bits per heavy atom. The number of hydrogen-bond acceptors (Lipinski definition) is 4. The predicted octanol–water partition coefficient (Wildman–Crippen LogP) is 2.37. The van der Waals surface area contributed by atoms with E-state index in [4.69, 9.17) is 15.1 Å². The third-order valence-corrected chi connectivity index (χ3v) is 2.54. The fraction of sp³-hybridized carbons (Fsp3) is 0.0714. The number of aromatic carboxylic acids is 1. The lowest BCUT2D eigenvalue weighted by molar-refractivity contribution is 0.0696. The Hall–Kier alpha value is -2.94. The summed E-state index contributed by atoms with van der Waals surface area (Å²) in [6, 6.07) is 6.99. The van der Waals surface area contributed by atoms with Gasteiger partial charge in [-0.2, -0.15) is 5.26 Å². The molecular weight excluding hydrogens is 263 g/mol. The van der Waals surface area contributed by atoms with E-state index in [9.17, 15) is 9.18 Å². The molecule has 2 aromatic rings. The minimum Gasteiger partial charge on any atom is -0.487 e. The van der Waals surface area contributed by atoms with Gasteiger partial charge in [0.2, 0.25) is 0 Å². The lowest BCUT2D eigenvalue weighted by Gasteiger charge is -2.08. The first-order chi connectivity index (χ1) is 9.60. The van der Waals surface area contributed by atoms with Crippen LogP contribution in [0.2, 0.25) is 0 Å². The van der Waals surface area contributed by atoms with Crippen molar-refractivity contribution in [2.75, 3.05) is 0 Å². The molecule has 0 atom stereocenters. The second-order valence-electron chi connectivity index (χ2n) is 3.92. The number of carboxylic acid groups (broad SMARTS) is 1. The second-order valence-corrected chi connectivity index (χ2v) is 3.92. The number of halogens is 1. The molecule has 0 unspecified atom stereocenters. The highest BCUT2D eigenvalue weighted by molar-refractivity contribution is 5.87. The van der Waals surface area contributed by atoms with Gasteiger partial charge in [0.05, 0.1) is 23.4 Å². The molecule has 0 saturated carbocycles. The average Bonchev–Trinajstić information content (AvgIpc) is 2.45. The number of carboxylic acids is 1. The van der Waals surface area contributed by atoms with Crippen LogP contribution in [0, 0.1) is 17.1 Å². The molecule has 1 heterocycles. The molecule has 1 aromatic carbocycles. The molecule has 0 aliphatic carbocycles. The first-order valence-corrected chi connectivity index (χ1v) is 5.60. The molecule has 100 valence electrons. The minimum absolute atomic E-state index is 0.0118. The van der Waals surface area contributed by atoms with E-state index in [1.807, 2.05) is 6.07 Å². The predicted molar refractivity (Wildman–Crippen MR) is 66.6 cm³/mol. The molecule has 5 nitrogen and oxygen atoms in total. The Balaban J connectivity index is 2.17. The maximum absolute atomic E-state index is 13.1. The summed E-state index contributed by atoms with van der Waals surface area (Å²) in [6.07, 6.45) is 2.54. The molecule has 0 fully saturated rings. The van der Waals surface area contributed by atoms with Crippen LogP contribution in [0.25, 0.3) is 0 Å². The van der Waals surface area contributed by atoms with Gasteiger partial charge in [0.25, 0.3) is 0 Å². The molecule has 0 aliphatic rings. The zero-order chi connectivity index (χ0) is 14.5. The summed E-state index contributed by atoms with van der Waals surface area (Å²) < 4.78 is 18.5. The van der Waals surface area contributed by atoms with Crippen LogP contribution in [-0.2, 0) is 6.61 Å². The Labute approximate surface area is 113 Å². The Morgan fingerprint density at radius 3 is 2.90 bits per heavy atom. The standard InChI is InChI=1S/C14H9FN2O3/c15-12-2-1-9(5-16)11(3-12)8-20-13-4-10(14(18)19)6-17-7-13/h1-4,6-7H,8H2,(H,18,19). The van der Waals surface area contributed by atoms with Crippen LogP contribution < -0.4 is 4.74 Å². The number of rotatable bonds is 4. The quantitative estimate of drug-likeness (QED) is 0.923. The van der Waals surface area contributed by atoms with Crippen molar-refractivity contribution in [3.8, 4) is 11.8 Å². The van der Waals surface area contributed by atoms with Gasteiger partial charge < -0.3 is 9.84 Å². The van der Waals surface area contributed by atoms with E-state index in [0.29, 0.717) is 11.1 Å². The number of nitrogens with zero attached hydrogens (tertiary/aromatic N) is 2.